The van der Waals surface area contributed by atoms with E-state index in [9.17, 15) is 24.1 Å². The first-order chi connectivity index (χ1) is 12.0. The largest absolute Gasteiger partial charge is 0.347 e. The molecule has 7 nitrogen and oxygen atoms in total. The van der Waals surface area contributed by atoms with Crippen LogP contribution in [0.2, 0.25) is 0 Å². The zero-order chi connectivity index (χ0) is 18.0. The van der Waals surface area contributed by atoms with Crippen molar-refractivity contribution >= 4 is 23.2 Å². The third kappa shape index (κ3) is 3.47. The molecule has 0 aromatic heterocycles. The lowest BCUT2D eigenvalue weighted by Crippen LogP contribution is -2.37. The molecule has 0 aliphatic carbocycles. The minimum absolute atomic E-state index is 0.0445. The first kappa shape index (κ1) is 16.6. The first-order valence-corrected chi connectivity index (χ1v) is 7.56. The van der Waals surface area contributed by atoms with Crippen LogP contribution in [-0.2, 0) is 4.79 Å². The molecule has 128 valence electrons. The van der Waals surface area contributed by atoms with E-state index in [1.54, 1.807) is 6.07 Å². The van der Waals surface area contributed by atoms with E-state index in [1.165, 1.54) is 47.4 Å². The number of benzene rings is 2. The van der Waals surface area contributed by atoms with Gasteiger partial charge in [0.25, 0.3) is 11.6 Å². The van der Waals surface area contributed by atoms with Crippen LogP contribution in [0.5, 0.6) is 0 Å². The predicted molar refractivity (Wildman–Crippen MR) is 87.7 cm³/mol. The summed E-state index contributed by atoms with van der Waals surface area (Å²) in [5.74, 6) is -1.33. The van der Waals surface area contributed by atoms with Crippen molar-refractivity contribution < 1.29 is 18.9 Å². The summed E-state index contributed by atoms with van der Waals surface area (Å²) >= 11 is 0. The van der Waals surface area contributed by atoms with Gasteiger partial charge in [-0.15, -0.1) is 0 Å². The topological polar surface area (TPSA) is 92.6 Å². The number of rotatable bonds is 4. The molecule has 0 saturated carbocycles. The van der Waals surface area contributed by atoms with E-state index in [0.29, 0.717) is 5.69 Å². The summed E-state index contributed by atoms with van der Waals surface area (Å²) in [6.45, 7) is 0.175. The zero-order valence-corrected chi connectivity index (χ0v) is 13.0. The van der Waals surface area contributed by atoms with E-state index in [-0.39, 0.29) is 30.1 Å². The van der Waals surface area contributed by atoms with Crippen LogP contribution in [-0.4, -0.2) is 29.3 Å². The Hall–Kier alpha value is -3.29. The van der Waals surface area contributed by atoms with Gasteiger partial charge in [-0.1, -0.05) is 18.2 Å². The number of nitrogens with one attached hydrogen (secondary N) is 1. The fourth-order valence-corrected chi connectivity index (χ4v) is 2.79. The third-order valence-electron chi connectivity index (χ3n) is 3.93. The van der Waals surface area contributed by atoms with Gasteiger partial charge in [0.1, 0.15) is 11.4 Å². The van der Waals surface area contributed by atoms with E-state index >= 15 is 0 Å². The highest BCUT2D eigenvalue weighted by atomic mass is 19.1. The van der Waals surface area contributed by atoms with Crippen molar-refractivity contribution in [2.45, 2.75) is 12.5 Å². The standard InChI is InChI=1S/C17H14FN3O4/c18-11-4-3-5-13(8-11)20-10-12(9-16(20)22)19-17(23)14-6-1-2-7-15(14)21(24)25/h1-8,12H,9-10H2,(H,19,23)/t12-/m1/s1. The van der Waals surface area contributed by atoms with Gasteiger partial charge < -0.3 is 10.2 Å². The van der Waals surface area contributed by atoms with E-state index < -0.39 is 22.7 Å². The molecule has 3 rings (SSSR count). The smallest absolute Gasteiger partial charge is 0.282 e. The second-order valence-corrected chi connectivity index (χ2v) is 5.63. The van der Waals surface area contributed by atoms with Crippen LogP contribution in [0.25, 0.3) is 0 Å². The van der Waals surface area contributed by atoms with Crippen LogP contribution >= 0.6 is 0 Å². The van der Waals surface area contributed by atoms with Crippen molar-refractivity contribution in [2.24, 2.45) is 0 Å². The molecule has 0 unspecified atom stereocenters. The van der Waals surface area contributed by atoms with Gasteiger partial charge in [-0.05, 0) is 24.3 Å². The van der Waals surface area contributed by atoms with Crippen LogP contribution < -0.4 is 10.2 Å². The van der Waals surface area contributed by atoms with Crippen LogP contribution in [0.15, 0.2) is 48.5 Å². The van der Waals surface area contributed by atoms with Gasteiger partial charge in [0.05, 0.1) is 11.0 Å². The molecule has 0 bridgehead atoms. The molecule has 2 amide bonds. The second kappa shape index (κ2) is 6.68. The first-order valence-electron chi connectivity index (χ1n) is 7.56. The van der Waals surface area contributed by atoms with E-state index in [0.717, 1.165) is 0 Å². The molecule has 1 aliphatic rings. The van der Waals surface area contributed by atoms with Gasteiger partial charge in [-0.25, -0.2) is 4.39 Å². The summed E-state index contributed by atoms with van der Waals surface area (Å²) in [7, 11) is 0. The molecule has 0 spiro atoms. The number of hydrogen-bond donors (Lipinski definition) is 1. The fourth-order valence-electron chi connectivity index (χ4n) is 2.79. The summed E-state index contributed by atoms with van der Waals surface area (Å²) in [6, 6.07) is 10.7. The van der Waals surface area contributed by atoms with Gasteiger partial charge in [-0.2, -0.15) is 0 Å². The predicted octanol–water partition coefficient (Wildman–Crippen LogP) is 2.27. The van der Waals surface area contributed by atoms with Crippen molar-refractivity contribution in [1.82, 2.24) is 5.32 Å². The minimum atomic E-state index is -0.631. The maximum Gasteiger partial charge on any atom is 0.282 e. The molecule has 1 fully saturated rings. The Labute approximate surface area is 142 Å². The van der Waals surface area contributed by atoms with Gasteiger partial charge in [0.15, 0.2) is 0 Å². The Bertz CT molecular complexity index is 855. The highest BCUT2D eigenvalue weighted by Gasteiger charge is 2.33. The molecular weight excluding hydrogens is 329 g/mol. The lowest BCUT2D eigenvalue weighted by atomic mass is 10.1. The second-order valence-electron chi connectivity index (χ2n) is 5.63. The highest BCUT2D eigenvalue weighted by molar-refractivity contribution is 6.00. The number of carbonyl (C=O) groups is 2. The lowest BCUT2D eigenvalue weighted by Gasteiger charge is -2.17. The summed E-state index contributed by atoms with van der Waals surface area (Å²) in [4.78, 5) is 36.2. The molecule has 1 heterocycles. The molecule has 0 radical (unpaired) electrons. The molecule has 8 heteroatoms. The van der Waals surface area contributed by atoms with Crippen LogP contribution in [0.1, 0.15) is 16.8 Å². The number of para-hydroxylation sites is 1. The maximum atomic E-state index is 13.3. The van der Waals surface area contributed by atoms with Gasteiger partial charge in [-0.3, -0.25) is 19.7 Å². The van der Waals surface area contributed by atoms with Gasteiger partial charge >= 0.3 is 0 Å². The molecule has 2 aromatic carbocycles. The number of hydrogen-bond acceptors (Lipinski definition) is 4. The molecule has 1 saturated heterocycles. The average Bonchev–Trinajstić information content (AvgIpc) is 2.95. The Kier molecular flexibility index (Phi) is 4.42. The van der Waals surface area contributed by atoms with Crippen LogP contribution in [0.3, 0.4) is 0 Å². The van der Waals surface area contributed by atoms with E-state index in [2.05, 4.69) is 5.32 Å². The SMILES string of the molecule is O=C(N[C@@H]1CC(=O)N(c2cccc(F)c2)C1)c1ccccc1[N+](=O)[O-]. The number of nitro groups is 1. The molecule has 1 atom stereocenters. The molecule has 25 heavy (non-hydrogen) atoms. The normalized spacial score (nSPS) is 16.8. The van der Waals surface area contributed by atoms with Gasteiger partial charge in [0, 0.05) is 24.7 Å². The molecule has 1 aliphatic heterocycles. The molecule has 2 aromatic rings. The Morgan fingerprint density at radius 1 is 1.24 bits per heavy atom. The Balaban J connectivity index is 1.74. The number of nitro benzene ring substituents is 1. The zero-order valence-electron chi connectivity index (χ0n) is 13.0. The molecule has 1 N–H and O–H groups in total. The van der Waals surface area contributed by atoms with Crippen molar-refractivity contribution in [3.05, 3.63) is 70.0 Å². The van der Waals surface area contributed by atoms with Crippen molar-refractivity contribution in [3.63, 3.8) is 0 Å². The summed E-state index contributed by atoms with van der Waals surface area (Å²) in [6.07, 6.45) is 0.0445. The Morgan fingerprint density at radius 3 is 2.72 bits per heavy atom. The van der Waals surface area contributed by atoms with Crippen LogP contribution in [0.4, 0.5) is 15.8 Å². The maximum absolute atomic E-state index is 13.3. The van der Waals surface area contributed by atoms with Crippen molar-refractivity contribution in [1.29, 1.82) is 0 Å². The average molecular weight is 343 g/mol. The van der Waals surface area contributed by atoms with Gasteiger partial charge in [0.2, 0.25) is 5.91 Å². The number of anilines is 1. The summed E-state index contributed by atoms with van der Waals surface area (Å²) in [5.41, 5.74) is 0.0444. The van der Waals surface area contributed by atoms with Crippen molar-refractivity contribution in [3.8, 4) is 0 Å². The number of carbonyl (C=O) groups excluding carboxylic acids is 2. The van der Waals surface area contributed by atoms with E-state index in [1.807, 2.05) is 0 Å². The monoisotopic (exact) mass is 343 g/mol. The Morgan fingerprint density at radius 2 is 2.00 bits per heavy atom. The summed E-state index contributed by atoms with van der Waals surface area (Å²) in [5, 5.41) is 13.6. The lowest BCUT2D eigenvalue weighted by molar-refractivity contribution is -0.385. The summed E-state index contributed by atoms with van der Waals surface area (Å²) < 4.78 is 13.3. The quantitative estimate of drug-likeness (QED) is 0.681. The van der Waals surface area contributed by atoms with Crippen LogP contribution in [0, 0.1) is 15.9 Å². The molecular formula is C17H14FN3O4. The number of nitrogens with zero attached hydrogens (tertiary/aromatic N) is 2. The number of halogens is 1. The number of amides is 2. The third-order valence-corrected chi connectivity index (χ3v) is 3.93. The minimum Gasteiger partial charge on any atom is -0.347 e. The highest BCUT2D eigenvalue weighted by Crippen LogP contribution is 2.23. The fraction of sp³-hybridized carbons (Fsp3) is 0.176. The van der Waals surface area contributed by atoms with E-state index in [4.69, 9.17) is 0 Å². The van der Waals surface area contributed by atoms with Crippen molar-refractivity contribution in [2.75, 3.05) is 11.4 Å².